The summed E-state index contributed by atoms with van der Waals surface area (Å²) in [7, 11) is -3.94. The molecule has 3 nitrogen and oxygen atoms in total. The summed E-state index contributed by atoms with van der Waals surface area (Å²) in [4.78, 5) is -0.122. The third-order valence-corrected chi connectivity index (χ3v) is 3.81. The molecule has 0 unspecified atom stereocenters. The van der Waals surface area contributed by atoms with Gasteiger partial charge < -0.3 is 5.73 Å². The SMILES string of the molecule is Cc1c(N)cccc1S(=O)(=O)CC(F)F. The van der Waals surface area contributed by atoms with Crippen LogP contribution in [-0.2, 0) is 9.84 Å². The van der Waals surface area contributed by atoms with Gasteiger partial charge in [-0.3, -0.25) is 0 Å². The van der Waals surface area contributed by atoms with Crippen molar-refractivity contribution in [3.8, 4) is 0 Å². The number of alkyl halides is 2. The molecule has 0 aliphatic carbocycles. The Bertz CT molecular complexity index is 457. The number of anilines is 1. The van der Waals surface area contributed by atoms with E-state index < -0.39 is 22.0 Å². The Balaban J connectivity index is 3.22. The molecule has 0 aliphatic heterocycles. The molecule has 2 N–H and O–H groups in total. The van der Waals surface area contributed by atoms with Crippen molar-refractivity contribution in [2.24, 2.45) is 0 Å². The number of nitrogens with two attached hydrogens (primary N) is 1. The molecule has 1 aromatic carbocycles. The lowest BCUT2D eigenvalue weighted by Crippen LogP contribution is -2.15. The first-order chi connectivity index (χ1) is 6.84. The Hall–Kier alpha value is -1.17. The third-order valence-electron chi connectivity index (χ3n) is 2.01. The second kappa shape index (κ2) is 4.14. The van der Waals surface area contributed by atoms with Gasteiger partial charge in [-0.15, -0.1) is 0 Å². The van der Waals surface area contributed by atoms with Gasteiger partial charge in [0.15, 0.2) is 9.84 Å². The third kappa shape index (κ3) is 2.65. The highest BCUT2D eigenvalue weighted by Crippen LogP contribution is 2.22. The Morgan fingerprint density at radius 1 is 1.40 bits per heavy atom. The number of halogens is 2. The molecule has 0 aromatic heterocycles. The van der Waals surface area contributed by atoms with Crippen LogP contribution in [0.3, 0.4) is 0 Å². The molecule has 1 aromatic rings. The highest BCUT2D eigenvalue weighted by Gasteiger charge is 2.22. The normalized spacial score (nSPS) is 12.0. The number of rotatable bonds is 3. The number of nitrogen functional groups attached to an aromatic ring is 1. The largest absolute Gasteiger partial charge is 0.398 e. The Morgan fingerprint density at radius 3 is 2.53 bits per heavy atom. The number of hydrogen-bond donors (Lipinski definition) is 1. The van der Waals surface area contributed by atoms with Gasteiger partial charge in [0.25, 0.3) is 6.43 Å². The second-order valence-electron chi connectivity index (χ2n) is 3.14. The fourth-order valence-corrected chi connectivity index (χ4v) is 2.61. The Morgan fingerprint density at radius 2 is 2.00 bits per heavy atom. The molecule has 0 aliphatic rings. The van der Waals surface area contributed by atoms with Crippen molar-refractivity contribution in [2.45, 2.75) is 18.2 Å². The van der Waals surface area contributed by atoms with Crippen LogP contribution in [0.25, 0.3) is 0 Å². The zero-order chi connectivity index (χ0) is 11.6. The maximum Gasteiger partial charge on any atom is 0.252 e. The molecular formula is C9H11F2NO2S. The monoisotopic (exact) mass is 235 g/mol. The number of sulfone groups is 1. The van der Waals surface area contributed by atoms with E-state index in [9.17, 15) is 17.2 Å². The van der Waals surface area contributed by atoms with Crippen molar-refractivity contribution < 1.29 is 17.2 Å². The highest BCUT2D eigenvalue weighted by atomic mass is 32.2. The summed E-state index contributed by atoms with van der Waals surface area (Å²) in [6, 6.07) is 4.24. The predicted octanol–water partition coefficient (Wildman–Crippen LogP) is 1.62. The summed E-state index contributed by atoms with van der Waals surface area (Å²) in [5, 5.41) is 0. The molecule has 0 amide bonds. The maximum absolute atomic E-state index is 12.0. The van der Waals surface area contributed by atoms with Crippen molar-refractivity contribution in [1.82, 2.24) is 0 Å². The first-order valence-corrected chi connectivity index (χ1v) is 5.86. The minimum Gasteiger partial charge on any atom is -0.398 e. The fraction of sp³-hybridized carbons (Fsp3) is 0.333. The van der Waals surface area contributed by atoms with Gasteiger partial charge in [-0.25, -0.2) is 17.2 Å². The molecule has 0 saturated carbocycles. The number of benzene rings is 1. The van der Waals surface area contributed by atoms with E-state index in [0.717, 1.165) is 0 Å². The summed E-state index contributed by atoms with van der Waals surface area (Å²) < 4.78 is 47.0. The van der Waals surface area contributed by atoms with Crippen molar-refractivity contribution in [3.63, 3.8) is 0 Å². The van der Waals surface area contributed by atoms with Crippen LogP contribution in [0, 0.1) is 6.92 Å². The van der Waals surface area contributed by atoms with E-state index >= 15 is 0 Å². The topological polar surface area (TPSA) is 60.2 Å². The molecule has 0 heterocycles. The van der Waals surface area contributed by atoms with Crippen LogP contribution in [0.2, 0.25) is 0 Å². The lowest BCUT2D eigenvalue weighted by molar-refractivity contribution is 0.174. The van der Waals surface area contributed by atoms with Crippen LogP contribution in [0.5, 0.6) is 0 Å². The summed E-state index contributed by atoms with van der Waals surface area (Å²) in [5.74, 6) is -1.17. The van der Waals surface area contributed by atoms with E-state index in [1.165, 1.54) is 25.1 Å². The van der Waals surface area contributed by atoms with E-state index in [-0.39, 0.29) is 10.6 Å². The predicted molar refractivity (Wildman–Crippen MR) is 53.6 cm³/mol. The van der Waals surface area contributed by atoms with Crippen molar-refractivity contribution in [2.75, 3.05) is 11.5 Å². The van der Waals surface area contributed by atoms with E-state index in [0.29, 0.717) is 5.56 Å². The average Bonchev–Trinajstić information content (AvgIpc) is 2.07. The lowest BCUT2D eigenvalue weighted by atomic mass is 10.2. The van der Waals surface area contributed by atoms with Crippen LogP contribution in [-0.4, -0.2) is 20.6 Å². The minimum absolute atomic E-state index is 0.122. The lowest BCUT2D eigenvalue weighted by Gasteiger charge is -2.08. The second-order valence-corrected chi connectivity index (χ2v) is 5.15. The summed E-state index contributed by atoms with van der Waals surface area (Å²) in [6.07, 6.45) is -2.88. The van der Waals surface area contributed by atoms with E-state index in [4.69, 9.17) is 5.73 Å². The molecule has 6 heteroatoms. The smallest absolute Gasteiger partial charge is 0.252 e. The number of hydrogen-bond acceptors (Lipinski definition) is 3. The van der Waals surface area contributed by atoms with Gasteiger partial charge in [-0.1, -0.05) is 6.07 Å². The van der Waals surface area contributed by atoms with Gasteiger partial charge in [0, 0.05) is 5.69 Å². The van der Waals surface area contributed by atoms with Gasteiger partial charge in [0.2, 0.25) is 0 Å². The Labute approximate surface area is 86.8 Å². The zero-order valence-electron chi connectivity index (χ0n) is 8.07. The van der Waals surface area contributed by atoms with Gasteiger partial charge in [-0.2, -0.15) is 0 Å². The molecule has 84 valence electrons. The molecule has 1 rings (SSSR count). The van der Waals surface area contributed by atoms with Crippen molar-refractivity contribution >= 4 is 15.5 Å². The Kier molecular flexibility index (Phi) is 3.28. The maximum atomic E-state index is 12.0. The molecule has 15 heavy (non-hydrogen) atoms. The van der Waals surface area contributed by atoms with Crippen LogP contribution in [0.4, 0.5) is 14.5 Å². The molecular weight excluding hydrogens is 224 g/mol. The quantitative estimate of drug-likeness (QED) is 0.810. The minimum atomic E-state index is -3.94. The van der Waals surface area contributed by atoms with E-state index in [1.54, 1.807) is 0 Å². The molecule has 0 fully saturated rings. The molecule has 0 saturated heterocycles. The zero-order valence-corrected chi connectivity index (χ0v) is 8.89. The van der Waals surface area contributed by atoms with Gasteiger partial charge in [0.1, 0.15) is 5.75 Å². The van der Waals surface area contributed by atoms with Crippen molar-refractivity contribution in [3.05, 3.63) is 23.8 Å². The van der Waals surface area contributed by atoms with Crippen LogP contribution >= 0.6 is 0 Å². The van der Waals surface area contributed by atoms with E-state index in [1.807, 2.05) is 0 Å². The van der Waals surface area contributed by atoms with Crippen LogP contribution in [0.15, 0.2) is 23.1 Å². The molecule has 0 atom stereocenters. The van der Waals surface area contributed by atoms with Gasteiger partial charge in [0.05, 0.1) is 4.90 Å². The summed E-state index contributed by atoms with van der Waals surface area (Å²) in [5.41, 5.74) is 6.10. The van der Waals surface area contributed by atoms with Crippen LogP contribution in [0.1, 0.15) is 5.56 Å². The molecule has 0 radical (unpaired) electrons. The molecule has 0 spiro atoms. The summed E-state index contributed by atoms with van der Waals surface area (Å²) in [6.45, 7) is 1.49. The summed E-state index contributed by atoms with van der Waals surface area (Å²) >= 11 is 0. The van der Waals surface area contributed by atoms with Crippen molar-refractivity contribution in [1.29, 1.82) is 0 Å². The van der Waals surface area contributed by atoms with E-state index in [2.05, 4.69) is 0 Å². The first-order valence-electron chi connectivity index (χ1n) is 4.20. The first kappa shape index (κ1) is 11.9. The fourth-order valence-electron chi connectivity index (χ4n) is 1.22. The van der Waals surface area contributed by atoms with Gasteiger partial charge in [-0.05, 0) is 24.6 Å². The van der Waals surface area contributed by atoms with Crippen LogP contribution < -0.4 is 5.73 Å². The van der Waals surface area contributed by atoms with Gasteiger partial charge >= 0.3 is 0 Å². The average molecular weight is 235 g/mol. The highest BCUT2D eigenvalue weighted by molar-refractivity contribution is 7.91. The molecule has 0 bridgehead atoms. The standard InChI is InChI=1S/C9H11F2NO2S/c1-6-7(12)3-2-4-8(6)15(13,14)5-9(10)11/h2-4,9H,5,12H2,1H3.